The first-order chi connectivity index (χ1) is 5.38. The van der Waals surface area contributed by atoms with E-state index in [0.29, 0.717) is 5.54 Å². The van der Waals surface area contributed by atoms with Crippen molar-refractivity contribution in [2.75, 3.05) is 17.2 Å². The topological polar surface area (TPSA) is 37.2 Å². The van der Waals surface area contributed by atoms with Crippen molar-refractivity contribution in [2.24, 2.45) is 0 Å². The molecule has 2 heterocycles. The average molecular weight is 150 g/mol. The minimum Gasteiger partial charge on any atom is -0.447 e. The molecule has 1 aromatic heterocycles. The fourth-order valence-corrected chi connectivity index (χ4v) is 1.58. The van der Waals surface area contributed by atoms with Crippen LogP contribution in [0.1, 0.15) is 12.8 Å². The molecule has 1 saturated carbocycles. The number of fused-ring (bicyclic) bond motifs is 1. The maximum atomic E-state index is 5.20. The molecule has 1 spiro atoms. The SMILES string of the molecule is c1cc2c(o1)NCC1(CC1)N2. The first kappa shape index (κ1) is 5.52. The van der Waals surface area contributed by atoms with E-state index in [-0.39, 0.29) is 0 Å². The van der Waals surface area contributed by atoms with Crippen molar-refractivity contribution in [1.82, 2.24) is 0 Å². The molecule has 2 N–H and O–H groups in total. The Morgan fingerprint density at radius 1 is 1.45 bits per heavy atom. The lowest BCUT2D eigenvalue weighted by molar-refractivity contribution is 0.568. The van der Waals surface area contributed by atoms with Gasteiger partial charge in [0.2, 0.25) is 5.88 Å². The van der Waals surface area contributed by atoms with Gasteiger partial charge in [-0.25, -0.2) is 0 Å². The molecule has 3 nitrogen and oxygen atoms in total. The Morgan fingerprint density at radius 3 is 3.18 bits per heavy atom. The summed E-state index contributed by atoms with van der Waals surface area (Å²) in [5.74, 6) is 0.891. The molecule has 0 amide bonds. The van der Waals surface area contributed by atoms with Crippen molar-refractivity contribution < 1.29 is 4.42 Å². The minimum atomic E-state index is 0.372. The summed E-state index contributed by atoms with van der Waals surface area (Å²) in [4.78, 5) is 0. The van der Waals surface area contributed by atoms with E-state index >= 15 is 0 Å². The molecule has 1 aliphatic heterocycles. The van der Waals surface area contributed by atoms with E-state index in [1.165, 1.54) is 12.8 Å². The van der Waals surface area contributed by atoms with Gasteiger partial charge in [-0.3, -0.25) is 0 Å². The molecule has 3 rings (SSSR count). The number of hydrogen-bond acceptors (Lipinski definition) is 3. The van der Waals surface area contributed by atoms with Crippen molar-refractivity contribution in [2.45, 2.75) is 18.4 Å². The van der Waals surface area contributed by atoms with E-state index in [4.69, 9.17) is 4.42 Å². The second kappa shape index (κ2) is 1.55. The Bertz CT molecular complexity index is 288. The Morgan fingerprint density at radius 2 is 2.36 bits per heavy atom. The van der Waals surface area contributed by atoms with Gasteiger partial charge in [-0.2, -0.15) is 0 Å². The molecule has 1 aliphatic carbocycles. The quantitative estimate of drug-likeness (QED) is 0.590. The van der Waals surface area contributed by atoms with E-state index < -0.39 is 0 Å². The van der Waals surface area contributed by atoms with Crippen molar-refractivity contribution in [3.63, 3.8) is 0 Å². The number of nitrogens with one attached hydrogen (secondary N) is 2. The van der Waals surface area contributed by atoms with Crippen LogP contribution in [-0.2, 0) is 0 Å². The van der Waals surface area contributed by atoms with Crippen LogP contribution in [0, 0.1) is 0 Å². The molecule has 0 unspecified atom stereocenters. The largest absolute Gasteiger partial charge is 0.447 e. The predicted octanol–water partition coefficient (Wildman–Crippen LogP) is 1.65. The van der Waals surface area contributed by atoms with Crippen LogP contribution in [0.25, 0.3) is 0 Å². The maximum absolute atomic E-state index is 5.20. The molecule has 11 heavy (non-hydrogen) atoms. The zero-order chi connectivity index (χ0) is 7.31. The normalized spacial score (nSPS) is 23.6. The van der Waals surface area contributed by atoms with Gasteiger partial charge in [-0.1, -0.05) is 0 Å². The lowest BCUT2D eigenvalue weighted by atomic mass is 10.2. The summed E-state index contributed by atoms with van der Waals surface area (Å²) in [6.45, 7) is 1.01. The third kappa shape index (κ3) is 0.679. The van der Waals surface area contributed by atoms with Crippen molar-refractivity contribution in [1.29, 1.82) is 0 Å². The highest BCUT2D eigenvalue weighted by atomic mass is 16.3. The molecule has 0 atom stereocenters. The summed E-state index contributed by atoms with van der Waals surface area (Å²) < 4.78 is 5.20. The molecule has 3 heteroatoms. The summed E-state index contributed by atoms with van der Waals surface area (Å²) in [6.07, 6.45) is 4.28. The molecule has 0 bridgehead atoms. The molecule has 0 radical (unpaired) electrons. The predicted molar refractivity (Wildman–Crippen MR) is 42.8 cm³/mol. The summed E-state index contributed by atoms with van der Waals surface area (Å²) in [5, 5.41) is 6.74. The smallest absolute Gasteiger partial charge is 0.216 e. The van der Waals surface area contributed by atoms with Crippen LogP contribution in [0.15, 0.2) is 16.7 Å². The third-order valence-corrected chi connectivity index (χ3v) is 2.51. The van der Waals surface area contributed by atoms with E-state index in [1.807, 2.05) is 6.07 Å². The summed E-state index contributed by atoms with van der Waals surface area (Å²) in [5.41, 5.74) is 1.49. The highest BCUT2D eigenvalue weighted by Crippen LogP contribution is 2.44. The minimum absolute atomic E-state index is 0.372. The van der Waals surface area contributed by atoms with E-state index in [9.17, 15) is 0 Å². The number of furan rings is 1. The third-order valence-electron chi connectivity index (χ3n) is 2.51. The Balaban J connectivity index is 2.00. The van der Waals surface area contributed by atoms with Crippen molar-refractivity contribution >= 4 is 11.6 Å². The van der Waals surface area contributed by atoms with E-state index in [2.05, 4.69) is 10.6 Å². The molecule has 1 fully saturated rings. The molecule has 58 valence electrons. The van der Waals surface area contributed by atoms with Crippen LogP contribution >= 0.6 is 0 Å². The number of hydrogen-bond donors (Lipinski definition) is 2. The van der Waals surface area contributed by atoms with Crippen LogP contribution in [0.2, 0.25) is 0 Å². The summed E-state index contributed by atoms with van der Waals surface area (Å²) in [6, 6.07) is 1.97. The number of rotatable bonds is 0. The molecular weight excluding hydrogens is 140 g/mol. The summed E-state index contributed by atoms with van der Waals surface area (Å²) >= 11 is 0. The second-order valence-corrected chi connectivity index (χ2v) is 3.42. The average Bonchev–Trinajstić information content (AvgIpc) is 2.63. The lowest BCUT2D eigenvalue weighted by Crippen LogP contribution is -2.34. The fraction of sp³-hybridized carbons (Fsp3) is 0.500. The highest BCUT2D eigenvalue weighted by molar-refractivity contribution is 5.67. The monoisotopic (exact) mass is 150 g/mol. The van der Waals surface area contributed by atoms with Gasteiger partial charge in [0.15, 0.2) is 0 Å². The van der Waals surface area contributed by atoms with Crippen LogP contribution in [-0.4, -0.2) is 12.1 Å². The molecular formula is C8H10N2O. The van der Waals surface area contributed by atoms with Crippen LogP contribution in [0.3, 0.4) is 0 Å². The van der Waals surface area contributed by atoms with Gasteiger partial charge in [0.05, 0.1) is 17.5 Å². The maximum Gasteiger partial charge on any atom is 0.216 e. The van der Waals surface area contributed by atoms with Crippen LogP contribution in [0.5, 0.6) is 0 Å². The molecule has 2 aliphatic rings. The first-order valence-electron chi connectivity index (χ1n) is 3.98. The van der Waals surface area contributed by atoms with E-state index in [0.717, 1.165) is 18.1 Å². The molecule has 0 saturated heterocycles. The van der Waals surface area contributed by atoms with Crippen molar-refractivity contribution in [3.8, 4) is 0 Å². The Kier molecular flexibility index (Phi) is 0.776. The number of anilines is 2. The summed E-state index contributed by atoms with van der Waals surface area (Å²) in [7, 11) is 0. The fourth-order valence-electron chi connectivity index (χ4n) is 1.58. The van der Waals surface area contributed by atoms with Crippen molar-refractivity contribution in [3.05, 3.63) is 12.3 Å². The zero-order valence-corrected chi connectivity index (χ0v) is 6.18. The molecule has 0 aromatic carbocycles. The highest BCUT2D eigenvalue weighted by Gasteiger charge is 2.45. The Hall–Kier alpha value is -1.12. The van der Waals surface area contributed by atoms with Gasteiger partial charge in [0.25, 0.3) is 0 Å². The second-order valence-electron chi connectivity index (χ2n) is 3.42. The standard InChI is InChI=1S/C8H10N2O/c1-4-11-7-6(1)10-8(2-3-8)5-9-7/h1,4,9-10H,2-3,5H2. The molecule has 1 aromatic rings. The first-order valence-corrected chi connectivity index (χ1v) is 3.98. The Labute approximate surface area is 64.8 Å². The van der Waals surface area contributed by atoms with Gasteiger partial charge >= 0.3 is 0 Å². The van der Waals surface area contributed by atoms with Gasteiger partial charge < -0.3 is 15.1 Å². The van der Waals surface area contributed by atoms with Gasteiger partial charge in [0, 0.05) is 12.6 Å². The van der Waals surface area contributed by atoms with E-state index in [1.54, 1.807) is 6.26 Å². The van der Waals surface area contributed by atoms with Crippen LogP contribution < -0.4 is 10.6 Å². The van der Waals surface area contributed by atoms with Gasteiger partial charge in [-0.15, -0.1) is 0 Å². The van der Waals surface area contributed by atoms with Gasteiger partial charge in [0.1, 0.15) is 0 Å². The zero-order valence-electron chi connectivity index (χ0n) is 6.18. The van der Waals surface area contributed by atoms with Gasteiger partial charge in [-0.05, 0) is 12.8 Å². The van der Waals surface area contributed by atoms with Crippen LogP contribution in [0.4, 0.5) is 11.6 Å². The lowest BCUT2D eigenvalue weighted by Gasteiger charge is -2.24.